The van der Waals surface area contributed by atoms with Gasteiger partial charge in [-0.3, -0.25) is 0 Å². The highest BCUT2D eigenvalue weighted by Gasteiger charge is 2.25. The highest BCUT2D eigenvalue weighted by Crippen LogP contribution is 2.35. The van der Waals surface area contributed by atoms with Gasteiger partial charge in [-0.1, -0.05) is 11.6 Å². The van der Waals surface area contributed by atoms with Gasteiger partial charge in [-0.25, -0.2) is 9.97 Å². The minimum Gasteiger partial charge on any atom is -0.382 e. The zero-order chi connectivity index (χ0) is 11.0. The number of anilines is 1. The summed E-state index contributed by atoms with van der Waals surface area (Å²) in [5, 5.41) is 3.95. The lowest BCUT2D eigenvalue weighted by Crippen LogP contribution is -2.10. The van der Waals surface area contributed by atoms with Crippen molar-refractivity contribution in [2.75, 3.05) is 5.73 Å². The van der Waals surface area contributed by atoms with Crippen molar-refractivity contribution in [3.8, 4) is 11.6 Å². The Morgan fingerprint density at radius 1 is 1.25 bits per heavy atom. The summed E-state index contributed by atoms with van der Waals surface area (Å²) in [6, 6.07) is 0. The van der Waals surface area contributed by atoms with E-state index in [2.05, 4.69) is 20.1 Å². The van der Waals surface area contributed by atoms with Crippen molar-refractivity contribution >= 4 is 5.82 Å². The SMILES string of the molecule is Nc1nccnc1-c1nc(C2CCC2)no1. The molecule has 2 N–H and O–H groups in total. The first-order valence-electron chi connectivity index (χ1n) is 5.25. The van der Waals surface area contributed by atoms with Gasteiger partial charge in [-0.05, 0) is 12.8 Å². The van der Waals surface area contributed by atoms with Crippen LogP contribution in [0, 0.1) is 0 Å². The van der Waals surface area contributed by atoms with Gasteiger partial charge in [0.05, 0.1) is 0 Å². The predicted molar refractivity (Wildman–Crippen MR) is 56.3 cm³/mol. The van der Waals surface area contributed by atoms with Crippen LogP contribution in [0.1, 0.15) is 31.0 Å². The highest BCUT2D eigenvalue weighted by molar-refractivity contribution is 5.61. The van der Waals surface area contributed by atoms with Crippen LogP contribution in [0.3, 0.4) is 0 Å². The molecule has 2 aromatic heterocycles. The molecule has 1 fully saturated rings. The fourth-order valence-electron chi connectivity index (χ4n) is 1.68. The molecule has 0 atom stereocenters. The van der Waals surface area contributed by atoms with E-state index in [9.17, 15) is 0 Å². The lowest BCUT2D eigenvalue weighted by atomic mass is 9.85. The Morgan fingerprint density at radius 2 is 2.06 bits per heavy atom. The van der Waals surface area contributed by atoms with E-state index in [4.69, 9.17) is 10.3 Å². The molecule has 0 radical (unpaired) electrons. The smallest absolute Gasteiger partial charge is 0.280 e. The Bertz CT molecular complexity index is 505. The van der Waals surface area contributed by atoms with Gasteiger partial charge in [-0.2, -0.15) is 4.98 Å². The van der Waals surface area contributed by atoms with Gasteiger partial charge in [0.25, 0.3) is 5.89 Å². The van der Waals surface area contributed by atoms with E-state index in [0.29, 0.717) is 23.3 Å². The number of nitrogen functional groups attached to an aromatic ring is 1. The number of nitrogens with zero attached hydrogens (tertiary/aromatic N) is 4. The first-order valence-corrected chi connectivity index (χ1v) is 5.25. The fraction of sp³-hybridized carbons (Fsp3) is 0.400. The van der Waals surface area contributed by atoms with Crippen molar-refractivity contribution < 1.29 is 4.52 Å². The maximum absolute atomic E-state index is 5.68. The first-order chi connectivity index (χ1) is 7.84. The van der Waals surface area contributed by atoms with Gasteiger partial charge in [0.15, 0.2) is 17.3 Å². The number of hydrogen-bond donors (Lipinski definition) is 1. The average molecular weight is 217 g/mol. The van der Waals surface area contributed by atoms with Gasteiger partial charge in [0.1, 0.15) is 0 Å². The summed E-state index contributed by atoms with van der Waals surface area (Å²) in [6.45, 7) is 0. The molecule has 6 nitrogen and oxygen atoms in total. The largest absolute Gasteiger partial charge is 0.382 e. The molecule has 0 unspecified atom stereocenters. The maximum Gasteiger partial charge on any atom is 0.280 e. The number of hydrogen-bond acceptors (Lipinski definition) is 6. The van der Waals surface area contributed by atoms with E-state index in [1.807, 2.05) is 0 Å². The van der Waals surface area contributed by atoms with E-state index < -0.39 is 0 Å². The Kier molecular flexibility index (Phi) is 2.05. The van der Waals surface area contributed by atoms with Crippen LogP contribution in [-0.4, -0.2) is 20.1 Å². The second-order valence-corrected chi connectivity index (χ2v) is 3.88. The zero-order valence-corrected chi connectivity index (χ0v) is 8.63. The second kappa shape index (κ2) is 3.55. The van der Waals surface area contributed by atoms with Crippen LogP contribution < -0.4 is 5.73 Å². The van der Waals surface area contributed by atoms with E-state index in [-0.39, 0.29) is 0 Å². The third-order valence-corrected chi connectivity index (χ3v) is 2.84. The molecule has 2 heterocycles. The molecular weight excluding hydrogens is 206 g/mol. The van der Waals surface area contributed by atoms with E-state index in [1.165, 1.54) is 12.6 Å². The molecule has 0 aliphatic heterocycles. The minimum absolute atomic E-state index is 0.311. The summed E-state index contributed by atoms with van der Waals surface area (Å²) >= 11 is 0. The van der Waals surface area contributed by atoms with Crippen molar-refractivity contribution in [3.63, 3.8) is 0 Å². The summed E-state index contributed by atoms with van der Waals surface area (Å²) in [7, 11) is 0. The summed E-state index contributed by atoms with van der Waals surface area (Å²) in [5.41, 5.74) is 6.14. The van der Waals surface area contributed by atoms with Crippen LogP contribution in [0.15, 0.2) is 16.9 Å². The third kappa shape index (κ3) is 1.42. The summed E-state index contributed by atoms with van der Waals surface area (Å²) in [4.78, 5) is 12.3. The van der Waals surface area contributed by atoms with E-state index in [1.54, 1.807) is 6.20 Å². The number of rotatable bonds is 2. The van der Waals surface area contributed by atoms with Gasteiger partial charge in [-0.15, -0.1) is 0 Å². The lowest BCUT2D eigenvalue weighted by molar-refractivity contribution is 0.366. The van der Waals surface area contributed by atoms with E-state index >= 15 is 0 Å². The molecule has 16 heavy (non-hydrogen) atoms. The molecular formula is C10H11N5O. The Balaban J connectivity index is 1.95. The quantitative estimate of drug-likeness (QED) is 0.817. The Morgan fingerprint density at radius 3 is 2.75 bits per heavy atom. The maximum atomic E-state index is 5.68. The molecule has 0 aromatic carbocycles. The number of aromatic nitrogens is 4. The molecule has 82 valence electrons. The molecule has 0 saturated heterocycles. The molecule has 0 bridgehead atoms. The van der Waals surface area contributed by atoms with Crippen LogP contribution in [0.5, 0.6) is 0 Å². The van der Waals surface area contributed by atoms with Crippen LogP contribution in [0.2, 0.25) is 0 Å². The molecule has 1 aliphatic carbocycles. The van der Waals surface area contributed by atoms with Gasteiger partial charge in [0.2, 0.25) is 0 Å². The van der Waals surface area contributed by atoms with Gasteiger partial charge >= 0.3 is 0 Å². The van der Waals surface area contributed by atoms with Crippen molar-refractivity contribution in [2.24, 2.45) is 0 Å². The van der Waals surface area contributed by atoms with Crippen molar-refractivity contribution in [3.05, 3.63) is 18.2 Å². The molecule has 1 saturated carbocycles. The molecule has 2 aromatic rings. The van der Waals surface area contributed by atoms with Gasteiger partial charge < -0.3 is 10.3 Å². The summed E-state index contributed by atoms with van der Waals surface area (Å²) in [5.74, 6) is 1.86. The minimum atomic E-state index is 0.311. The molecule has 0 spiro atoms. The van der Waals surface area contributed by atoms with Gasteiger partial charge in [0, 0.05) is 18.3 Å². The standard InChI is InChI=1S/C10H11N5O/c11-8-7(12-4-5-13-8)10-14-9(15-16-10)6-2-1-3-6/h4-6H,1-3H2,(H2,11,13). The zero-order valence-electron chi connectivity index (χ0n) is 8.63. The monoisotopic (exact) mass is 217 g/mol. The van der Waals surface area contributed by atoms with E-state index in [0.717, 1.165) is 18.7 Å². The molecule has 3 rings (SSSR count). The average Bonchev–Trinajstić information content (AvgIpc) is 2.65. The van der Waals surface area contributed by atoms with Crippen LogP contribution >= 0.6 is 0 Å². The highest BCUT2D eigenvalue weighted by atomic mass is 16.5. The van der Waals surface area contributed by atoms with Crippen LogP contribution in [0.25, 0.3) is 11.6 Å². The lowest BCUT2D eigenvalue weighted by Gasteiger charge is -2.20. The van der Waals surface area contributed by atoms with Crippen molar-refractivity contribution in [2.45, 2.75) is 25.2 Å². The molecule has 1 aliphatic rings. The topological polar surface area (TPSA) is 90.7 Å². The number of nitrogens with two attached hydrogens (primary N) is 1. The van der Waals surface area contributed by atoms with Crippen molar-refractivity contribution in [1.29, 1.82) is 0 Å². The second-order valence-electron chi connectivity index (χ2n) is 3.88. The normalized spacial score (nSPS) is 16.0. The Labute approximate surface area is 91.9 Å². The first kappa shape index (κ1) is 9.26. The molecule has 0 amide bonds. The van der Waals surface area contributed by atoms with Crippen molar-refractivity contribution in [1.82, 2.24) is 20.1 Å². The van der Waals surface area contributed by atoms with Crippen LogP contribution in [0.4, 0.5) is 5.82 Å². The fourth-order valence-corrected chi connectivity index (χ4v) is 1.68. The summed E-state index contributed by atoms with van der Waals surface area (Å²) < 4.78 is 5.14. The van der Waals surface area contributed by atoms with Crippen LogP contribution in [-0.2, 0) is 0 Å². The Hall–Kier alpha value is -1.98. The summed E-state index contributed by atoms with van der Waals surface area (Å²) in [6.07, 6.45) is 6.59. The predicted octanol–water partition coefficient (Wildman–Crippen LogP) is 1.38. The molecule has 6 heteroatoms. The third-order valence-electron chi connectivity index (χ3n) is 2.84.